The van der Waals surface area contributed by atoms with Gasteiger partial charge in [0.1, 0.15) is 54.9 Å². The van der Waals surface area contributed by atoms with Gasteiger partial charge >= 0.3 is 5.97 Å². The van der Waals surface area contributed by atoms with Crippen LogP contribution in [0.15, 0.2) is 24.3 Å². The van der Waals surface area contributed by atoms with E-state index in [0.29, 0.717) is 13.0 Å². The predicted octanol–water partition coefficient (Wildman–Crippen LogP) is 6.07. The Balaban J connectivity index is 1.78. The highest BCUT2D eigenvalue weighted by atomic mass is 16.7. The van der Waals surface area contributed by atoms with Crippen molar-refractivity contribution in [2.45, 2.75) is 235 Å². The van der Waals surface area contributed by atoms with Crippen LogP contribution in [0.3, 0.4) is 0 Å². The molecule has 2 fully saturated rings. The number of carbonyl (C=O) groups excluding carboxylic acids is 1. The molecule has 0 aromatic heterocycles. The van der Waals surface area contributed by atoms with Crippen LogP contribution >= 0.6 is 0 Å². The molecule has 7 N–H and O–H groups in total. The molecular formula is C47H86O14. The van der Waals surface area contributed by atoms with Crippen molar-refractivity contribution in [2.24, 2.45) is 0 Å². The predicted molar refractivity (Wildman–Crippen MR) is 233 cm³/mol. The molecule has 0 aliphatic carbocycles. The normalized spacial score (nSPS) is 27.6. The van der Waals surface area contributed by atoms with Crippen molar-refractivity contribution in [1.29, 1.82) is 0 Å². The first-order chi connectivity index (χ1) is 29.6. The van der Waals surface area contributed by atoms with E-state index in [0.717, 1.165) is 51.4 Å². The third-order valence-corrected chi connectivity index (χ3v) is 11.5. The molecule has 11 atom stereocenters. The zero-order valence-electron chi connectivity index (χ0n) is 37.7. The maximum atomic E-state index is 12.9. The number of rotatable bonds is 37. The van der Waals surface area contributed by atoms with Crippen LogP contribution in [0.1, 0.15) is 168 Å². The molecule has 2 aliphatic rings. The minimum absolute atomic E-state index is 0.0613. The molecule has 0 amide bonds. The molecule has 61 heavy (non-hydrogen) atoms. The van der Waals surface area contributed by atoms with Crippen molar-refractivity contribution in [3.63, 3.8) is 0 Å². The summed E-state index contributed by atoms with van der Waals surface area (Å²) in [5.41, 5.74) is 0. The summed E-state index contributed by atoms with van der Waals surface area (Å²) < 4.78 is 34.1. The fraction of sp³-hybridized carbons (Fsp3) is 0.894. The van der Waals surface area contributed by atoms with Gasteiger partial charge in [0.2, 0.25) is 0 Å². The maximum absolute atomic E-state index is 12.9. The van der Waals surface area contributed by atoms with Crippen LogP contribution in [0.5, 0.6) is 0 Å². The van der Waals surface area contributed by atoms with E-state index in [4.69, 9.17) is 28.4 Å². The summed E-state index contributed by atoms with van der Waals surface area (Å²) in [5, 5.41) is 71.9. The lowest BCUT2D eigenvalue weighted by Crippen LogP contribution is -2.61. The molecular weight excluding hydrogens is 789 g/mol. The molecule has 0 aromatic carbocycles. The second kappa shape index (κ2) is 35.8. The van der Waals surface area contributed by atoms with Gasteiger partial charge in [-0.3, -0.25) is 4.79 Å². The van der Waals surface area contributed by atoms with E-state index in [1.54, 1.807) is 0 Å². The molecule has 0 aromatic rings. The molecule has 2 aliphatic heterocycles. The highest BCUT2D eigenvalue weighted by molar-refractivity contribution is 5.69. The van der Waals surface area contributed by atoms with Gasteiger partial charge < -0.3 is 64.2 Å². The van der Waals surface area contributed by atoms with Crippen LogP contribution in [-0.4, -0.2) is 142 Å². The summed E-state index contributed by atoms with van der Waals surface area (Å²) in [5.74, 6) is -0.384. The number of carbonyl (C=O) groups is 1. The van der Waals surface area contributed by atoms with E-state index in [9.17, 15) is 40.5 Å². The first kappa shape index (κ1) is 55.6. The number of aliphatic hydroxyl groups excluding tert-OH is 7. The molecule has 11 unspecified atom stereocenters. The zero-order chi connectivity index (χ0) is 44.5. The van der Waals surface area contributed by atoms with Crippen molar-refractivity contribution in [2.75, 3.05) is 33.0 Å². The van der Waals surface area contributed by atoms with Gasteiger partial charge in [0.25, 0.3) is 0 Å². The number of unbranched alkanes of at least 4 members (excludes halogenated alkanes) is 19. The Hall–Kier alpha value is -1.53. The average molecular weight is 875 g/mol. The summed E-state index contributed by atoms with van der Waals surface area (Å²) in [6.45, 7) is 3.64. The summed E-state index contributed by atoms with van der Waals surface area (Å²) in [6, 6.07) is 0. The van der Waals surface area contributed by atoms with E-state index in [1.165, 1.54) is 89.9 Å². The molecule has 0 saturated carbocycles. The van der Waals surface area contributed by atoms with Gasteiger partial charge in [0.05, 0.1) is 26.4 Å². The number of allylic oxidation sites excluding steroid dienone is 4. The van der Waals surface area contributed by atoms with E-state index < -0.39 is 80.7 Å². The lowest BCUT2D eigenvalue weighted by molar-refractivity contribution is -0.332. The Bertz CT molecular complexity index is 1110. The molecule has 14 heteroatoms. The summed E-state index contributed by atoms with van der Waals surface area (Å²) >= 11 is 0. The molecule has 14 nitrogen and oxygen atoms in total. The third kappa shape index (κ3) is 24.4. The van der Waals surface area contributed by atoms with E-state index in [1.807, 2.05) is 0 Å². The van der Waals surface area contributed by atoms with Gasteiger partial charge in [-0.05, 0) is 44.9 Å². The van der Waals surface area contributed by atoms with Crippen molar-refractivity contribution >= 4 is 5.97 Å². The summed E-state index contributed by atoms with van der Waals surface area (Å²) in [4.78, 5) is 12.9. The average Bonchev–Trinajstić information content (AvgIpc) is 3.25. The maximum Gasteiger partial charge on any atom is 0.306 e. The molecule has 358 valence electrons. The fourth-order valence-corrected chi connectivity index (χ4v) is 7.49. The van der Waals surface area contributed by atoms with Crippen molar-refractivity contribution in [3.8, 4) is 0 Å². The van der Waals surface area contributed by atoms with Gasteiger partial charge in [-0.2, -0.15) is 0 Å². The van der Waals surface area contributed by atoms with E-state index in [-0.39, 0.29) is 25.6 Å². The van der Waals surface area contributed by atoms with Crippen LogP contribution in [0.25, 0.3) is 0 Å². The van der Waals surface area contributed by atoms with Crippen LogP contribution < -0.4 is 0 Å². The van der Waals surface area contributed by atoms with Crippen molar-refractivity contribution in [3.05, 3.63) is 24.3 Å². The van der Waals surface area contributed by atoms with Gasteiger partial charge in [-0.25, -0.2) is 0 Å². The first-order valence-corrected chi connectivity index (χ1v) is 23.9. The smallest absolute Gasteiger partial charge is 0.306 e. The monoisotopic (exact) mass is 875 g/mol. The molecule has 2 saturated heterocycles. The van der Waals surface area contributed by atoms with Crippen LogP contribution in [0.2, 0.25) is 0 Å². The fourth-order valence-electron chi connectivity index (χ4n) is 7.49. The summed E-state index contributed by atoms with van der Waals surface area (Å²) in [6.07, 6.45) is 19.6. The Morgan fingerprint density at radius 2 is 1.02 bits per heavy atom. The molecule has 2 heterocycles. The number of hydrogen-bond acceptors (Lipinski definition) is 14. The quantitative estimate of drug-likeness (QED) is 0.0215. The third-order valence-electron chi connectivity index (χ3n) is 11.5. The van der Waals surface area contributed by atoms with Crippen molar-refractivity contribution < 1.29 is 69.0 Å². The second-order valence-electron chi connectivity index (χ2n) is 16.9. The van der Waals surface area contributed by atoms with Crippen molar-refractivity contribution in [1.82, 2.24) is 0 Å². The SMILES string of the molecule is CCCCC/C=C\C/C=C\CCCCCCCCCC(=O)OC(COCCCCCCCCCCCC)COC1OC(COC2OC(CO)C(O)C(O)C2O)C(O)C(O)C1O. The zero-order valence-corrected chi connectivity index (χ0v) is 37.7. The molecule has 0 bridgehead atoms. The van der Waals surface area contributed by atoms with Crippen LogP contribution in [0.4, 0.5) is 0 Å². The number of hydrogen-bond donors (Lipinski definition) is 7. The lowest BCUT2D eigenvalue weighted by atomic mass is 9.98. The Morgan fingerprint density at radius 3 is 1.61 bits per heavy atom. The topological polar surface area (TPSA) is 214 Å². The Morgan fingerprint density at radius 1 is 0.541 bits per heavy atom. The number of ether oxygens (including phenoxy) is 6. The number of aliphatic hydroxyl groups is 7. The molecule has 0 radical (unpaired) electrons. The summed E-state index contributed by atoms with van der Waals surface area (Å²) in [7, 11) is 0. The van der Waals surface area contributed by atoms with E-state index in [2.05, 4.69) is 38.2 Å². The van der Waals surface area contributed by atoms with Gasteiger partial charge in [0.15, 0.2) is 12.6 Å². The first-order valence-electron chi connectivity index (χ1n) is 23.9. The highest BCUT2D eigenvalue weighted by Crippen LogP contribution is 2.26. The Kier molecular flexibility index (Phi) is 32.6. The van der Waals surface area contributed by atoms with Crippen LogP contribution in [-0.2, 0) is 33.2 Å². The van der Waals surface area contributed by atoms with Crippen LogP contribution in [0, 0.1) is 0 Å². The largest absolute Gasteiger partial charge is 0.457 e. The number of esters is 1. The van der Waals surface area contributed by atoms with E-state index >= 15 is 0 Å². The molecule has 2 rings (SSSR count). The standard InChI is InChI=1S/C47H86O14/c1-3-5-7-9-11-13-15-16-17-18-19-20-21-22-24-26-28-30-39(49)59-36(33-56-31-29-27-25-23-14-12-10-8-6-4-2)34-57-46-45(55)43(53)41(51)38(61-46)35-58-47-44(54)42(52)40(50)37(32-48)60-47/h11,13,16-17,36-38,40-48,50-55H,3-10,12,14-15,18-35H2,1-2H3/b13-11-,17-16-. The minimum Gasteiger partial charge on any atom is -0.457 e. The Labute approximate surface area is 367 Å². The van der Waals surface area contributed by atoms with Gasteiger partial charge in [0, 0.05) is 13.0 Å². The second-order valence-corrected chi connectivity index (χ2v) is 16.9. The minimum atomic E-state index is -1.70. The molecule has 0 spiro atoms. The van der Waals surface area contributed by atoms with Gasteiger partial charge in [-0.15, -0.1) is 0 Å². The lowest BCUT2D eigenvalue weighted by Gasteiger charge is -2.42. The van der Waals surface area contributed by atoms with Gasteiger partial charge in [-0.1, -0.05) is 141 Å². The highest BCUT2D eigenvalue weighted by Gasteiger charge is 2.47.